The highest BCUT2D eigenvalue weighted by Gasteiger charge is 2.13. The minimum atomic E-state index is 0.466. The Labute approximate surface area is 110 Å². The zero-order chi connectivity index (χ0) is 12.1. The predicted octanol–water partition coefficient (Wildman–Crippen LogP) is 3.29. The highest BCUT2D eigenvalue weighted by molar-refractivity contribution is 9.10. The fraction of sp³-hybridized carbons (Fsp3) is 0.727. The minimum Gasteiger partial charge on any atom is -0.357 e. The lowest BCUT2D eigenvalue weighted by atomic mass is 10.0. The lowest BCUT2D eigenvalue weighted by molar-refractivity contribution is 0.356. The fourth-order valence-corrected chi connectivity index (χ4v) is 2.91. The van der Waals surface area contributed by atoms with Crippen LogP contribution in [0.25, 0.3) is 0 Å². The number of aromatic nitrogens is 1. The summed E-state index contributed by atoms with van der Waals surface area (Å²) in [6.45, 7) is 5.54. The van der Waals surface area contributed by atoms with Crippen molar-refractivity contribution in [3.05, 3.63) is 9.98 Å². The molecular formula is C11H20BrN3S. The van der Waals surface area contributed by atoms with Crippen molar-refractivity contribution in [1.82, 2.24) is 9.88 Å². The van der Waals surface area contributed by atoms with Gasteiger partial charge in [-0.2, -0.15) is 0 Å². The van der Waals surface area contributed by atoms with E-state index in [0.29, 0.717) is 12.0 Å². The van der Waals surface area contributed by atoms with Gasteiger partial charge in [-0.25, -0.2) is 4.98 Å². The lowest BCUT2D eigenvalue weighted by Gasteiger charge is -2.23. The number of likely N-dealkylation sites (N-methyl/N-ethyl adjacent to an activating group) is 1. The Hall–Kier alpha value is -0.130. The molecule has 1 aromatic rings. The molecule has 0 aliphatic heterocycles. The maximum Gasteiger partial charge on any atom is 0.183 e. The van der Waals surface area contributed by atoms with E-state index in [0.717, 1.165) is 22.7 Å². The van der Waals surface area contributed by atoms with Gasteiger partial charge >= 0.3 is 0 Å². The second-order valence-corrected chi connectivity index (χ2v) is 6.38. The Bertz CT molecular complexity index is 302. The van der Waals surface area contributed by atoms with E-state index >= 15 is 0 Å². The van der Waals surface area contributed by atoms with E-state index in [1.165, 1.54) is 0 Å². The second kappa shape index (κ2) is 6.57. The van der Waals surface area contributed by atoms with Crippen molar-refractivity contribution in [2.75, 3.05) is 26.0 Å². The molecule has 0 spiro atoms. The third-order valence-electron chi connectivity index (χ3n) is 2.15. The molecule has 0 saturated carbocycles. The van der Waals surface area contributed by atoms with Crippen LogP contribution in [-0.2, 0) is 0 Å². The van der Waals surface area contributed by atoms with Gasteiger partial charge in [0.1, 0.15) is 4.60 Å². The maximum absolute atomic E-state index is 4.37. The Morgan fingerprint density at radius 3 is 2.62 bits per heavy atom. The van der Waals surface area contributed by atoms with Crippen molar-refractivity contribution in [2.24, 2.45) is 5.92 Å². The first-order valence-corrected chi connectivity index (χ1v) is 7.17. The van der Waals surface area contributed by atoms with Crippen LogP contribution < -0.4 is 5.32 Å². The Morgan fingerprint density at radius 2 is 2.19 bits per heavy atom. The van der Waals surface area contributed by atoms with Crippen LogP contribution in [0.15, 0.2) is 9.98 Å². The summed E-state index contributed by atoms with van der Waals surface area (Å²) in [5.41, 5.74) is 0. The number of halogens is 1. The van der Waals surface area contributed by atoms with Gasteiger partial charge in [-0.3, -0.25) is 0 Å². The van der Waals surface area contributed by atoms with Crippen molar-refractivity contribution >= 4 is 32.4 Å². The number of nitrogens with zero attached hydrogens (tertiary/aromatic N) is 2. The van der Waals surface area contributed by atoms with Gasteiger partial charge in [0.15, 0.2) is 5.13 Å². The zero-order valence-electron chi connectivity index (χ0n) is 10.3. The van der Waals surface area contributed by atoms with Gasteiger partial charge in [-0.05, 0) is 42.4 Å². The van der Waals surface area contributed by atoms with Gasteiger partial charge in [0.25, 0.3) is 0 Å². The molecule has 1 rings (SSSR count). The average molecular weight is 306 g/mol. The van der Waals surface area contributed by atoms with Crippen LogP contribution in [0.4, 0.5) is 5.13 Å². The fourth-order valence-electron chi connectivity index (χ4n) is 1.68. The van der Waals surface area contributed by atoms with Crippen LogP contribution in [0.3, 0.4) is 0 Å². The van der Waals surface area contributed by atoms with E-state index in [-0.39, 0.29) is 0 Å². The number of rotatable bonds is 6. The third-order valence-corrected chi connectivity index (χ3v) is 3.63. The third kappa shape index (κ3) is 5.27. The van der Waals surface area contributed by atoms with Crippen LogP contribution in [0, 0.1) is 5.92 Å². The van der Waals surface area contributed by atoms with Gasteiger partial charge in [0.05, 0.1) is 0 Å². The molecule has 0 aliphatic rings. The largest absolute Gasteiger partial charge is 0.357 e. The summed E-state index contributed by atoms with van der Waals surface area (Å²) < 4.78 is 0.910. The Kier molecular flexibility index (Phi) is 5.72. The van der Waals surface area contributed by atoms with Crippen LogP contribution in [0.2, 0.25) is 0 Å². The highest BCUT2D eigenvalue weighted by atomic mass is 79.9. The molecule has 16 heavy (non-hydrogen) atoms. The maximum atomic E-state index is 4.37. The molecular weight excluding hydrogens is 286 g/mol. The Morgan fingerprint density at radius 1 is 1.50 bits per heavy atom. The average Bonchev–Trinajstić information content (AvgIpc) is 2.48. The van der Waals surface area contributed by atoms with Gasteiger partial charge < -0.3 is 10.2 Å². The smallest absolute Gasteiger partial charge is 0.183 e. The van der Waals surface area contributed by atoms with Crippen LogP contribution in [0.5, 0.6) is 0 Å². The lowest BCUT2D eigenvalue weighted by Crippen LogP contribution is -2.33. The number of hydrogen-bond donors (Lipinski definition) is 1. The second-order valence-electron chi connectivity index (χ2n) is 4.71. The molecule has 1 N–H and O–H groups in total. The molecule has 0 amide bonds. The molecule has 1 atom stereocenters. The monoisotopic (exact) mass is 305 g/mol. The van der Waals surface area contributed by atoms with Gasteiger partial charge in [0, 0.05) is 18.0 Å². The van der Waals surface area contributed by atoms with E-state index in [4.69, 9.17) is 0 Å². The molecule has 1 unspecified atom stereocenters. The molecule has 1 aromatic heterocycles. The normalized spacial score (nSPS) is 13.4. The first-order valence-electron chi connectivity index (χ1n) is 5.49. The van der Waals surface area contributed by atoms with E-state index in [2.05, 4.69) is 59.1 Å². The predicted molar refractivity (Wildman–Crippen MR) is 75.2 cm³/mol. The SMILES string of the molecule is CC(C)CC(CN(C)C)Nc1nc(Br)cs1. The summed E-state index contributed by atoms with van der Waals surface area (Å²) >= 11 is 5.02. The number of thiazole rings is 1. The summed E-state index contributed by atoms with van der Waals surface area (Å²) in [6.07, 6.45) is 1.16. The number of hydrogen-bond acceptors (Lipinski definition) is 4. The van der Waals surface area contributed by atoms with E-state index in [1.807, 2.05) is 5.38 Å². The summed E-state index contributed by atoms with van der Waals surface area (Å²) in [7, 11) is 4.21. The molecule has 1 heterocycles. The standard InChI is InChI=1S/C11H20BrN3S/c1-8(2)5-9(6-15(3)4)13-11-14-10(12)7-16-11/h7-9H,5-6H2,1-4H3,(H,13,14). The van der Waals surface area contributed by atoms with Crippen LogP contribution in [0.1, 0.15) is 20.3 Å². The molecule has 0 aliphatic carbocycles. The highest BCUT2D eigenvalue weighted by Crippen LogP contribution is 2.21. The topological polar surface area (TPSA) is 28.2 Å². The molecule has 5 heteroatoms. The van der Waals surface area contributed by atoms with E-state index in [9.17, 15) is 0 Å². The quantitative estimate of drug-likeness (QED) is 0.874. The van der Waals surface area contributed by atoms with Crippen molar-refractivity contribution < 1.29 is 0 Å². The molecule has 0 aromatic carbocycles. The summed E-state index contributed by atoms with van der Waals surface area (Å²) in [5, 5.41) is 6.50. The first-order chi connectivity index (χ1) is 7.47. The van der Waals surface area contributed by atoms with Crippen molar-refractivity contribution in [1.29, 1.82) is 0 Å². The van der Waals surface area contributed by atoms with Crippen LogP contribution in [-0.4, -0.2) is 36.6 Å². The van der Waals surface area contributed by atoms with E-state index in [1.54, 1.807) is 11.3 Å². The van der Waals surface area contributed by atoms with E-state index < -0.39 is 0 Å². The Balaban J connectivity index is 2.55. The summed E-state index contributed by atoms with van der Waals surface area (Å²) in [5.74, 6) is 0.695. The van der Waals surface area contributed by atoms with Gasteiger partial charge in [-0.15, -0.1) is 11.3 Å². The van der Waals surface area contributed by atoms with Crippen molar-refractivity contribution in [2.45, 2.75) is 26.3 Å². The van der Waals surface area contributed by atoms with Crippen LogP contribution >= 0.6 is 27.3 Å². The van der Waals surface area contributed by atoms with Crippen molar-refractivity contribution in [3.8, 4) is 0 Å². The van der Waals surface area contributed by atoms with Gasteiger partial charge in [0.2, 0.25) is 0 Å². The molecule has 0 fully saturated rings. The van der Waals surface area contributed by atoms with Crippen molar-refractivity contribution in [3.63, 3.8) is 0 Å². The number of nitrogens with one attached hydrogen (secondary N) is 1. The molecule has 92 valence electrons. The van der Waals surface area contributed by atoms with Gasteiger partial charge in [-0.1, -0.05) is 13.8 Å². The molecule has 3 nitrogen and oxygen atoms in total. The molecule has 0 radical (unpaired) electrons. The molecule has 0 saturated heterocycles. The summed E-state index contributed by atoms with van der Waals surface area (Å²) in [4.78, 5) is 6.58. The first kappa shape index (κ1) is 13.9. The summed E-state index contributed by atoms with van der Waals surface area (Å²) in [6, 6.07) is 0.466. The zero-order valence-corrected chi connectivity index (χ0v) is 12.7. The minimum absolute atomic E-state index is 0.466. The number of anilines is 1. The molecule has 0 bridgehead atoms.